The number of para-hydroxylation sites is 1. The van der Waals surface area contributed by atoms with Gasteiger partial charge < -0.3 is 4.90 Å². The molecule has 2 aromatic rings. The summed E-state index contributed by atoms with van der Waals surface area (Å²) in [5, 5.41) is 10.2. The molecule has 0 amide bonds. The second kappa shape index (κ2) is 6.06. The van der Waals surface area contributed by atoms with E-state index >= 15 is 0 Å². The Balaban J connectivity index is 1.72. The van der Waals surface area contributed by atoms with Gasteiger partial charge in [-0.25, -0.2) is 9.97 Å². The van der Waals surface area contributed by atoms with E-state index < -0.39 is 0 Å². The van der Waals surface area contributed by atoms with Crippen LogP contribution in [0, 0.1) is 11.3 Å². The summed E-state index contributed by atoms with van der Waals surface area (Å²) in [4.78, 5) is 13.6. The van der Waals surface area contributed by atoms with E-state index in [0.29, 0.717) is 0 Å². The number of rotatable bonds is 3. The van der Waals surface area contributed by atoms with Crippen LogP contribution < -0.4 is 4.90 Å². The fraction of sp³-hybridized carbons (Fsp3) is 0.438. The number of fused-ring (bicyclic) bond motifs is 1. The Hall–Kier alpha value is -2.19. The van der Waals surface area contributed by atoms with E-state index in [0.717, 1.165) is 49.5 Å². The van der Waals surface area contributed by atoms with Crippen LogP contribution in [0.4, 0.5) is 5.95 Å². The number of hydrogen-bond acceptors (Lipinski definition) is 5. The zero-order valence-corrected chi connectivity index (χ0v) is 12.2. The lowest BCUT2D eigenvalue weighted by molar-refractivity contribution is 0.215. The van der Waals surface area contributed by atoms with Crippen LogP contribution in [0.3, 0.4) is 0 Å². The fourth-order valence-electron chi connectivity index (χ4n) is 2.78. The zero-order chi connectivity index (χ0) is 14.7. The van der Waals surface area contributed by atoms with Gasteiger partial charge >= 0.3 is 0 Å². The van der Waals surface area contributed by atoms with Crippen molar-refractivity contribution >= 4 is 16.9 Å². The van der Waals surface area contributed by atoms with E-state index in [9.17, 15) is 0 Å². The number of nitriles is 1. The highest BCUT2D eigenvalue weighted by atomic mass is 15.3. The molecule has 0 radical (unpaired) electrons. The van der Waals surface area contributed by atoms with Crippen molar-refractivity contribution in [2.24, 2.45) is 0 Å². The lowest BCUT2D eigenvalue weighted by Crippen LogP contribution is -2.50. The van der Waals surface area contributed by atoms with E-state index in [1.165, 1.54) is 0 Å². The largest absolute Gasteiger partial charge is 0.338 e. The number of anilines is 1. The van der Waals surface area contributed by atoms with Crippen molar-refractivity contribution < 1.29 is 0 Å². The molecule has 0 aliphatic carbocycles. The smallest absolute Gasteiger partial charge is 0.225 e. The molecule has 1 fully saturated rings. The number of piperazine rings is 1. The average molecular weight is 281 g/mol. The van der Waals surface area contributed by atoms with E-state index in [2.05, 4.69) is 32.8 Å². The Morgan fingerprint density at radius 2 is 2.00 bits per heavy atom. The molecule has 0 bridgehead atoms. The molecular weight excluding hydrogens is 262 g/mol. The average Bonchev–Trinajstić information content (AvgIpc) is 2.56. The second-order valence-electron chi connectivity index (χ2n) is 5.30. The second-order valence-corrected chi connectivity index (χ2v) is 5.30. The van der Waals surface area contributed by atoms with Gasteiger partial charge in [0.05, 0.1) is 17.6 Å². The van der Waals surface area contributed by atoms with Crippen molar-refractivity contribution in [1.29, 1.82) is 5.26 Å². The summed E-state index contributed by atoms with van der Waals surface area (Å²) in [6.45, 7) is 5.59. The first-order chi connectivity index (χ1) is 10.3. The number of aromatic nitrogens is 2. The first kappa shape index (κ1) is 13.8. The number of hydrogen-bond donors (Lipinski definition) is 0. The third kappa shape index (κ3) is 2.81. The van der Waals surface area contributed by atoms with Gasteiger partial charge in [-0.2, -0.15) is 5.26 Å². The normalized spacial score (nSPS) is 17.6. The molecule has 108 valence electrons. The van der Waals surface area contributed by atoms with Crippen molar-refractivity contribution in [3.05, 3.63) is 30.5 Å². The molecule has 3 rings (SSSR count). The lowest BCUT2D eigenvalue weighted by Gasteiger charge is -2.36. The molecule has 5 nitrogen and oxygen atoms in total. The van der Waals surface area contributed by atoms with Crippen molar-refractivity contribution in [2.45, 2.75) is 19.4 Å². The minimum Gasteiger partial charge on any atom is -0.338 e. The summed E-state index contributed by atoms with van der Waals surface area (Å²) < 4.78 is 0. The van der Waals surface area contributed by atoms with Crippen LogP contribution in [0.25, 0.3) is 10.9 Å². The molecule has 1 aromatic heterocycles. The molecule has 1 aliphatic rings. The summed E-state index contributed by atoms with van der Waals surface area (Å²) >= 11 is 0. The quantitative estimate of drug-likeness (QED) is 0.862. The summed E-state index contributed by atoms with van der Waals surface area (Å²) in [7, 11) is 0. The molecule has 21 heavy (non-hydrogen) atoms. The molecule has 5 heteroatoms. The Morgan fingerprint density at radius 1 is 1.24 bits per heavy atom. The Morgan fingerprint density at radius 3 is 2.71 bits per heavy atom. The molecule has 1 unspecified atom stereocenters. The maximum Gasteiger partial charge on any atom is 0.225 e. The third-order valence-electron chi connectivity index (χ3n) is 4.05. The van der Waals surface area contributed by atoms with Crippen molar-refractivity contribution in [3.63, 3.8) is 0 Å². The predicted molar refractivity (Wildman–Crippen MR) is 83.0 cm³/mol. The van der Waals surface area contributed by atoms with Gasteiger partial charge in [0, 0.05) is 37.8 Å². The Labute approximate surface area is 124 Å². The number of benzene rings is 1. The van der Waals surface area contributed by atoms with Crippen LogP contribution >= 0.6 is 0 Å². The van der Waals surface area contributed by atoms with Crippen LogP contribution in [-0.2, 0) is 0 Å². The topological polar surface area (TPSA) is 56.1 Å². The molecule has 1 saturated heterocycles. The van der Waals surface area contributed by atoms with Gasteiger partial charge in [0.15, 0.2) is 0 Å². The Bertz CT molecular complexity index is 655. The van der Waals surface area contributed by atoms with E-state index in [1.54, 1.807) is 0 Å². The molecule has 1 aromatic carbocycles. The van der Waals surface area contributed by atoms with E-state index in [4.69, 9.17) is 5.26 Å². The van der Waals surface area contributed by atoms with Gasteiger partial charge in [0.2, 0.25) is 5.95 Å². The maximum absolute atomic E-state index is 9.15. The van der Waals surface area contributed by atoms with Crippen LogP contribution in [0.5, 0.6) is 0 Å². The monoisotopic (exact) mass is 281 g/mol. The van der Waals surface area contributed by atoms with Gasteiger partial charge in [-0.15, -0.1) is 0 Å². The van der Waals surface area contributed by atoms with Crippen LogP contribution in [0.1, 0.15) is 13.3 Å². The van der Waals surface area contributed by atoms with Crippen LogP contribution in [-0.4, -0.2) is 47.1 Å². The lowest BCUT2D eigenvalue weighted by atomic mass is 10.2. The highest BCUT2D eigenvalue weighted by molar-refractivity contribution is 5.78. The number of nitrogens with zero attached hydrogens (tertiary/aromatic N) is 5. The van der Waals surface area contributed by atoms with Crippen molar-refractivity contribution in [3.8, 4) is 6.07 Å². The third-order valence-corrected chi connectivity index (χ3v) is 4.05. The molecular formula is C16H19N5. The standard InChI is InChI=1S/C16H19N5/c1-2-14(11-17)20-7-9-21(10-8-20)16-18-12-13-5-3-4-6-15(13)19-16/h3-6,12,14H,2,7-10H2,1H3. The van der Waals surface area contributed by atoms with Crippen LogP contribution in [0.2, 0.25) is 0 Å². The van der Waals surface area contributed by atoms with Gasteiger partial charge in [0.25, 0.3) is 0 Å². The minimum absolute atomic E-state index is 0.0321. The molecule has 2 heterocycles. The maximum atomic E-state index is 9.15. The van der Waals surface area contributed by atoms with Crippen molar-refractivity contribution in [1.82, 2.24) is 14.9 Å². The summed E-state index contributed by atoms with van der Waals surface area (Å²) in [5.41, 5.74) is 0.980. The van der Waals surface area contributed by atoms with E-state index in [-0.39, 0.29) is 6.04 Å². The SMILES string of the molecule is CCC(C#N)N1CCN(c2ncc3ccccc3n2)CC1. The minimum atomic E-state index is 0.0321. The molecule has 1 aliphatic heterocycles. The first-order valence-corrected chi connectivity index (χ1v) is 7.42. The molecule has 0 saturated carbocycles. The molecule has 1 atom stereocenters. The summed E-state index contributed by atoms with van der Waals surface area (Å²) in [6, 6.07) is 10.4. The van der Waals surface area contributed by atoms with Gasteiger partial charge in [0.1, 0.15) is 0 Å². The Kier molecular flexibility index (Phi) is 3.98. The fourth-order valence-corrected chi connectivity index (χ4v) is 2.78. The van der Waals surface area contributed by atoms with Gasteiger partial charge in [-0.3, -0.25) is 4.90 Å². The van der Waals surface area contributed by atoms with E-state index in [1.807, 2.05) is 30.5 Å². The van der Waals surface area contributed by atoms with Crippen LogP contribution in [0.15, 0.2) is 30.5 Å². The first-order valence-electron chi connectivity index (χ1n) is 7.42. The summed E-state index contributed by atoms with van der Waals surface area (Å²) in [5.74, 6) is 0.790. The summed E-state index contributed by atoms with van der Waals surface area (Å²) in [6.07, 6.45) is 2.76. The zero-order valence-electron chi connectivity index (χ0n) is 12.2. The highest BCUT2D eigenvalue weighted by Gasteiger charge is 2.23. The van der Waals surface area contributed by atoms with Crippen molar-refractivity contribution in [2.75, 3.05) is 31.1 Å². The van der Waals surface area contributed by atoms with Gasteiger partial charge in [-0.1, -0.05) is 25.1 Å². The molecule has 0 spiro atoms. The highest BCUT2D eigenvalue weighted by Crippen LogP contribution is 2.17. The van der Waals surface area contributed by atoms with Gasteiger partial charge in [-0.05, 0) is 12.5 Å². The predicted octanol–water partition coefficient (Wildman–Crippen LogP) is 2.05. The molecule has 0 N–H and O–H groups in total.